The summed E-state index contributed by atoms with van der Waals surface area (Å²) >= 11 is 0. The molecule has 0 spiro atoms. The molecule has 0 radical (unpaired) electrons. The van der Waals surface area contributed by atoms with Crippen molar-refractivity contribution in [3.05, 3.63) is 65.5 Å². The summed E-state index contributed by atoms with van der Waals surface area (Å²) in [6, 6.07) is 14.3. The first-order chi connectivity index (χ1) is 11.2. The van der Waals surface area contributed by atoms with Gasteiger partial charge in [0.05, 0.1) is 6.61 Å². The smallest absolute Gasteiger partial charge is 0.220 e. The van der Waals surface area contributed by atoms with Crippen molar-refractivity contribution in [2.24, 2.45) is 0 Å². The van der Waals surface area contributed by atoms with Crippen molar-refractivity contribution in [3.63, 3.8) is 0 Å². The monoisotopic (exact) mass is 313 g/mol. The second-order valence-corrected chi connectivity index (χ2v) is 5.80. The Kier molecular flexibility index (Phi) is 4.91. The first-order valence-electron chi connectivity index (χ1n) is 7.95. The lowest BCUT2D eigenvalue weighted by Gasteiger charge is -2.26. The van der Waals surface area contributed by atoms with Gasteiger partial charge in [0.25, 0.3) is 0 Å². The molecule has 3 nitrogen and oxygen atoms in total. The minimum atomic E-state index is -0.253. The van der Waals surface area contributed by atoms with Gasteiger partial charge in [-0.25, -0.2) is 4.39 Å². The van der Waals surface area contributed by atoms with E-state index in [1.807, 2.05) is 18.2 Å². The first kappa shape index (κ1) is 15.5. The van der Waals surface area contributed by atoms with Crippen LogP contribution in [0.1, 0.15) is 29.9 Å². The summed E-state index contributed by atoms with van der Waals surface area (Å²) < 4.78 is 18.5. The van der Waals surface area contributed by atoms with E-state index in [0.717, 1.165) is 23.3 Å². The van der Waals surface area contributed by atoms with E-state index in [2.05, 4.69) is 11.4 Å². The molecule has 4 heteroatoms. The molecule has 1 amide bonds. The van der Waals surface area contributed by atoms with Crippen LogP contribution >= 0.6 is 0 Å². The Hall–Kier alpha value is -2.36. The number of rotatable bonds is 5. The minimum absolute atomic E-state index is 0.0262. The molecule has 2 aromatic carbocycles. The molecule has 1 aliphatic heterocycles. The Morgan fingerprint density at radius 1 is 1.17 bits per heavy atom. The number of halogens is 1. The third-order valence-corrected chi connectivity index (χ3v) is 4.18. The van der Waals surface area contributed by atoms with Crippen LogP contribution in [0.2, 0.25) is 0 Å². The van der Waals surface area contributed by atoms with Crippen molar-refractivity contribution in [1.82, 2.24) is 5.32 Å². The van der Waals surface area contributed by atoms with Crippen LogP contribution in [-0.2, 0) is 11.2 Å². The van der Waals surface area contributed by atoms with E-state index in [1.165, 1.54) is 12.1 Å². The van der Waals surface area contributed by atoms with E-state index < -0.39 is 0 Å². The zero-order chi connectivity index (χ0) is 16.1. The van der Waals surface area contributed by atoms with Gasteiger partial charge in [-0.3, -0.25) is 4.79 Å². The molecule has 0 saturated heterocycles. The number of carbonyl (C=O) groups excluding carboxylic acids is 1. The summed E-state index contributed by atoms with van der Waals surface area (Å²) in [6.45, 7) is 1.32. The summed E-state index contributed by atoms with van der Waals surface area (Å²) in [4.78, 5) is 12.0. The van der Waals surface area contributed by atoms with Crippen molar-refractivity contribution in [1.29, 1.82) is 0 Å². The number of hydrogen-bond donors (Lipinski definition) is 1. The highest BCUT2D eigenvalue weighted by Gasteiger charge is 2.21. The molecule has 1 unspecified atom stereocenters. The summed E-state index contributed by atoms with van der Waals surface area (Å²) in [5.41, 5.74) is 2.13. The molecule has 0 bridgehead atoms. The third kappa shape index (κ3) is 4.09. The quantitative estimate of drug-likeness (QED) is 0.918. The lowest BCUT2D eigenvalue weighted by atomic mass is 9.93. The van der Waals surface area contributed by atoms with Gasteiger partial charge in [0, 0.05) is 18.9 Å². The van der Waals surface area contributed by atoms with Crippen LogP contribution < -0.4 is 10.1 Å². The molecular formula is C19H20FNO2. The largest absolute Gasteiger partial charge is 0.493 e. The van der Waals surface area contributed by atoms with Crippen LogP contribution in [0.3, 0.4) is 0 Å². The number of carbonyl (C=O) groups is 1. The SMILES string of the molecule is O=C(CCc1ccc(F)cc1)NCC1CCOc2ccccc21. The second-order valence-electron chi connectivity index (χ2n) is 5.80. The number of fused-ring (bicyclic) bond motifs is 1. The molecule has 3 rings (SSSR count). The molecule has 2 aromatic rings. The minimum Gasteiger partial charge on any atom is -0.493 e. The third-order valence-electron chi connectivity index (χ3n) is 4.18. The predicted molar refractivity (Wildman–Crippen MR) is 87.0 cm³/mol. The molecule has 120 valence electrons. The highest BCUT2D eigenvalue weighted by atomic mass is 19.1. The normalized spacial score (nSPS) is 16.3. The Labute approximate surface area is 135 Å². The summed E-state index contributed by atoms with van der Waals surface area (Å²) in [6.07, 6.45) is 1.95. The maximum absolute atomic E-state index is 12.8. The van der Waals surface area contributed by atoms with Gasteiger partial charge in [-0.05, 0) is 42.2 Å². The molecule has 0 fully saturated rings. The molecule has 0 aromatic heterocycles. The van der Waals surface area contributed by atoms with Gasteiger partial charge in [0.2, 0.25) is 5.91 Å². The van der Waals surface area contributed by atoms with Crippen LogP contribution in [0.4, 0.5) is 4.39 Å². The number of ether oxygens (including phenoxy) is 1. The molecule has 0 saturated carbocycles. The van der Waals surface area contributed by atoms with E-state index in [-0.39, 0.29) is 11.7 Å². The van der Waals surface area contributed by atoms with E-state index in [0.29, 0.717) is 31.9 Å². The van der Waals surface area contributed by atoms with Crippen LogP contribution in [0.5, 0.6) is 5.75 Å². The topological polar surface area (TPSA) is 38.3 Å². The lowest BCUT2D eigenvalue weighted by Crippen LogP contribution is -2.30. The fourth-order valence-corrected chi connectivity index (χ4v) is 2.86. The molecule has 0 aliphatic carbocycles. The van der Waals surface area contributed by atoms with E-state index in [9.17, 15) is 9.18 Å². The number of amides is 1. The van der Waals surface area contributed by atoms with Crippen molar-refractivity contribution in [2.75, 3.05) is 13.2 Å². The molecular weight excluding hydrogens is 293 g/mol. The summed E-state index contributed by atoms with van der Waals surface area (Å²) in [5, 5.41) is 3.01. The second kappa shape index (κ2) is 7.27. The predicted octanol–water partition coefficient (Wildman–Crippen LogP) is 3.44. The molecule has 1 aliphatic rings. The number of aryl methyl sites for hydroxylation is 1. The van der Waals surface area contributed by atoms with Gasteiger partial charge in [0.1, 0.15) is 11.6 Å². The van der Waals surface area contributed by atoms with Crippen molar-refractivity contribution in [2.45, 2.75) is 25.2 Å². The summed E-state index contributed by atoms with van der Waals surface area (Å²) in [5.74, 6) is 0.994. The average molecular weight is 313 g/mol. The standard InChI is InChI=1S/C19H20FNO2/c20-16-8-5-14(6-9-16)7-10-19(22)21-13-15-11-12-23-18-4-2-1-3-17(15)18/h1-6,8-9,15H,7,10-13H2,(H,21,22). The Morgan fingerprint density at radius 2 is 1.96 bits per heavy atom. The van der Waals surface area contributed by atoms with Gasteiger partial charge in [-0.1, -0.05) is 30.3 Å². The van der Waals surface area contributed by atoms with Gasteiger partial charge < -0.3 is 10.1 Å². The molecule has 1 N–H and O–H groups in total. The highest BCUT2D eigenvalue weighted by Crippen LogP contribution is 2.32. The van der Waals surface area contributed by atoms with E-state index in [1.54, 1.807) is 12.1 Å². The van der Waals surface area contributed by atoms with Crippen LogP contribution in [0.15, 0.2) is 48.5 Å². The van der Waals surface area contributed by atoms with Crippen LogP contribution in [-0.4, -0.2) is 19.1 Å². The number of nitrogens with one attached hydrogen (secondary N) is 1. The van der Waals surface area contributed by atoms with Crippen LogP contribution in [0, 0.1) is 5.82 Å². The van der Waals surface area contributed by atoms with Gasteiger partial charge in [-0.15, -0.1) is 0 Å². The fourth-order valence-electron chi connectivity index (χ4n) is 2.86. The molecule has 23 heavy (non-hydrogen) atoms. The first-order valence-corrected chi connectivity index (χ1v) is 7.95. The maximum Gasteiger partial charge on any atom is 0.220 e. The Balaban J connectivity index is 1.49. The summed E-state index contributed by atoms with van der Waals surface area (Å²) in [7, 11) is 0. The molecule has 1 atom stereocenters. The van der Waals surface area contributed by atoms with E-state index in [4.69, 9.17) is 4.74 Å². The van der Waals surface area contributed by atoms with Gasteiger partial charge in [0.15, 0.2) is 0 Å². The number of para-hydroxylation sites is 1. The van der Waals surface area contributed by atoms with E-state index >= 15 is 0 Å². The number of benzene rings is 2. The van der Waals surface area contributed by atoms with Crippen molar-refractivity contribution in [3.8, 4) is 5.75 Å². The number of hydrogen-bond acceptors (Lipinski definition) is 2. The van der Waals surface area contributed by atoms with Crippen LogP contribution in [0.25, 0.3) is 0 Å². The zero-order valence-corrected chi connectivity index (χ0v) is 12.9. The lowest BCUT2D eigenvalue weighted by molar-refractivity contribution is -0.121. The van der Waals surface area contributed by atoms with Gasteiger partial charge in [-0.2, -0.15) is 0 Å². The average Bonchev–Trinajstić information content (AvgIpc) is 2.59. The Morgan fingerprint density at radius 3 is 2.78 bits per heavy atom. The van der Waals surface area contributed by atoms with Crippen molar-refractivity contribution < 1.29 is 13.9 Å². The fraction of sp³-hybridized carbons (Fsp3) is 0.316. The molecule has 1 heterocycles. The van der Waals surface area contributed by atoms with Crippen molar-refractivity contribution >= 4 is 5.91 Å². The highest BCUT2D eigenvalue weighted by molar-refractivity contribution is 5.76. The Bertz CT molecular complexity index is 669. The maximum atomic E-state index is 12.8. The van der Waals surface area contributed by atoms with Gasteiger partial charge >= 0.3 is 0 Å². The zero-order valence-electron chi connectivity index (χ0n) is 12.9.